The van der Waals surface area contributed by atoms with E-state index in [1.54, 1.807) is 6.20 Å². The van der Waals surface area contributed by atoms with E-state index in [1.807, 2.05) is 0 Å². The molecule has 0 bridgehead atoms. The molecule has 110 valence electrons. The van der Waals surface area contributed by atoms with Gasteiger partial charge in [-0.25, -0.2) is 14.6 Å². The van der Waals surface area contributed by atoms with E-state index in [9.17, 15) is 14.4 Å². The minimum Gasteiger partial charge on any atom is -0.480 e. The van der Waals surface area contributed by atoms with Crippen LogP contribution in [0.25, 0.3) is 0 Å². The molecule has 1 aromatic heterocycles. The first-order chi connectivity index (χ1) is 9.23. The highest BCUT2D eigenvalue weighted by Crippen LogP contribution is 1.95. The predicted octanol–water partition coefficient (Wildman–Crippen LogP) is -0.534. The van der Waals surface area contributed by atoms with Crippen LogP contribution in [0.5, 0.6) is 0 Å². The number of nitrogens with one attached hydrogen (secondary N) is 1. The Morgan fingerprint density at radius 3 is 2.30 bits per heavy atom. The molecular formula is C11H15N3O6. The Kier molecular flexibility index (Phi) is 7.30. The first-order valence-corrected chi connectivity index (χ1v) is 5.34. The second-order valence-electron chi connectivity index (χ2n) is 3.70. The molecule has 0 fully saturated rings. The molecule has 9 nitrogen and oxygen atoms in total. The molecule has 0 spiro atoms. The van der Waals surface area contributed by atoms with Crippen molar-refractivity contribution in [1.82, 2.24) is 9.97 Å². The predicted molar refractivity (Wildman–Crippen MR) is 66.9 cm³/mol. The summed E-state index contributed by atoms with van der Waals surface area (Å²) >= 11 is 0. The second kappa shape index (κ2) is 8.43. The van der Waals surface area contributed by atoms with Crippen molar-refractivity contribution in [1.29, 1.82) is 0 Å². The Bertz CT molecular complexity index is 494. The Balaban J connectivity index is 0.000000370. The van der Waals surface area contributed by atoms with Gasteiger partial charge >= 0.3 is 17.9 Å². The maximum absolute atomic E-state index is 10.3. The van der Waals surface area contributed by atoms with E-state index in [-0.39, 0.29) is 12.0 Å². The fourth-order valence-electron chi connectivity index (χ4n) is 0.968. The summed E-state index contributed by atoms with van der Waals surface area (Å²) in [6.07, 6.45) is 3.98. The summed E-state index contributed by atoms with van der Waals surface area (Å²) in [4.78, 5) is 36.4. The topological polar surface area (TPSA) is 167 Å². The SMILES string of the molecule is C/C(=C\C(=O)O)C(=O)O.N[C@@H](Cc1cnc[nH]1)C(=O)O. The normalized spacial score (nSPS) is 12.0. The van der Waals surface area contributed by atoms with Gasteiger partial charge in [-0.2, -0.15) is 0 Å². The maximum atomic E-state index is 10.3. The van der Waals surface area contributed by atoms with Crippen molar-refractivity contribution < 1.29 is 29.7 Å². The standard InChI is InChI=1S/C6H9N3O2.C5H6O4/c7-5(6(10)11)1-4-2-8-3-9-4;1-3(5(8)9)2-4(6)7/h2-3,5H,1,7H2,(H,8,9)(H,10,11);2H,1H3,(H,6,7)(H,8,9)/b;3-2+/t5-;/m0./s1. The average Bonchev–Trinajstić information content (AvgIpc) is 2.81. The fraction of sp³-hybridized carbons (Fsp3) is 0.273. The van der Waals surface area contributed by atoms with Crippen LogP contribution in [0.15, 0.2) is 24.2 Å². The molecule has 0 amide bonds. The molecule has 0 unspecified atom stereocenters. The maximum Gasteiger partial charge on any atom is 0.331 e. The number of rotatable bonds is 5. The number of hydrogen-bond donors (Lipinski definition) is 5. The van der Waals surface area contributed by atoms with Gasteiger partial charge in [-0.1, -0.05) is 0 Å². The van der Waals surface area contributed by atoms with Crippen LogP contribution in [-0.2, 0) is 20.8 Å². The van der Waals surface area contributed by atoms with Crippen LogP contribution in [-0.4, -0.2) is 49.2 Å². The zero-order chi connectivity index (χ0) is 15.7. The molecule has 0 radical (unpaired) electrons. The van der Waals surface area contributed by atoms with Gasteiger partial charge < -0.3 is 26.0 Å². The quantitative estimate of drug-likeness (QED) is 0.450. The number of aromatic amines is 1. The number of aromatic nitrogens is 2. The molecule has 0 aromatic carbocycles. The van der Waals surface area contributed by atoms with Crippen LogP contribution in [0.3, 0.4) is 0 Å². The van der Waals surface area contributed by atoms with Gasteiger partial charge in [-0.15, -0.1) is 0 Å². The highest BCUT2D eigenvalue weighted by molar-refractivity contribution is 5.93. The third-order valence-electron chi connectivity index (χ3n) is 1.99. The number of carbonyl (C=O) groups is 3. The van der Waals surface area contributed by atoms with E-state index in [4.69, 9.17) is 21.1 Å². The van der Waals surface area contributed by atoms with Crippen molar-refractivity contribution in [2.45, 2.75) is 19.4 Å². The van der Waals surface area contributed by atoms with Gasteiger partial charge in [0.05, 0.1) is 6.33 Å². The summed E-state index contributed by atoms with van der Waals surface area (Å²) in [5, 5.41) is 24.5. The monoisotopic (exact) mass is 285 g/mol. The molecule has 9 heteroatoms. The highest BCUT2D eigenvalue weighted by Gasteiger charge is 2.12. The molecule has 0 aliphatic heterocycles. The van der Waals surface area contributed by atoms with Crippen LogP contribution in [0.4, 0.5) is 0 Å². The number of carboxylic acid groups (broad SMARTS) is 3. The van der Waals surface area contributed by atoms with E-state index in [0.717, 1.165) is 5.69 Å². The van der Waals surface area contributed by atoms with Gasteiger partial charge in [0.15, 0.2) is 0 Å². The Hall–Kier alpha value is -2.68. The zero-order valence-corrected chi connectivity index (χ0v) is 10.6. The average molecular weight is 285 g/mol. The molecule has 0 aliphatic carbocycles. The summed E-state index contributed by atoms with van der Waals surface area (Å²) < 4.78 is 0. The van der Waals surface area contributed by atoms with Gasteiger partial charge in [0.1, 0.15) is 6.04 Å². The van der Waals surface area contributed by atoms with E-state index < -0.39 is 23.9 Å². The van der Waals surface area contributed by atoms with Crippen LogP contribution in [0.1, 0.15) is 12.6 Å². The Morgan fingerprint density at radius 1 is 1.40 bits per heavy atom. The summed E-state index contributed by atoms with van der Waals surface area (Å²) in [6, 6.07) is -0.851. The van der Waals surface area contributed by atoms with Crippen LogP contribution in [0.2, 0.25) is 0 Å². The first kappa shape index (κ1) is 17.3. The Morgan fingerprint density at radius 2 is 2.00 bits per heavy atom. The number of imidazole rings is 1. The van der Waals surface area contributed by atoms with Crippen molar-refractivity contribution in [2.24, 2.45) is 5.73 Å². The molecule has 0 aliphatic rings. The van der Waals surface area contributed by atoms with Crippen LogP contribution < -0.4 is 5.73 Å². The Labute approximate surface area is 113 Å². The molecule has 0 saturated heterocycles. The molecule has 1 atom stereocenters. The molecule has 0 saturated carbocycles. The largest absolute Gasteiger partial charge is 0.480 e. The lowest BCUT2D eigenvalue weighted by Crippen LogP contribution is -2.32. The van der Waals surface area contributed by atoms with Crippen molar-refractivity contribution in [2.75, 3.05) is 0 Å². The lowest BCUT2D eigenvalue weighted by Gasteiger charge is -2.02. The van der Waals surface area contributed by atoms with Crippen molar-refractivity contribution in [3.05, 3.63) is 29.9 Å². The van der Waals surface area contributed by atoms with Crippen LogP contribution >= 0.6 is 0 Å². The van der Waals surface area contributed by atoms with Crippen LogP contribution in [0, 0.1) is 0 Å². The van der Waals surface area contributed by atoms with Crippen molar-refractivity contribution in [3.8, 4) is 0 Å². The van der Waals surface area contributed by atoms with Gasteiger partial charge in [-0.3, -0.25) is 4.79 Å². The lowest BCUT2D eigenvalue weighted by atomic mass is 10.2. The first-order valence-electron chi connectivity index (χ1n) is 5.34. The molecular weight excluding hydrogens is 270 g/mol. The number of nitrogens with zero attached hydrogens (tertiary/aromatic N) is 1. The second-order valence-corrected chi connectivity index (χ2v) is 3.70. The zero-order valence-electron chi connectivity index (χ0n) is 10.6. The van der Waals surface area contributed by atoms with Gasteiger partial charge in [0.2, 0.25) is 0 Å². The number of nitrogens with two attached hydrogens (primary N) is 1. The van der Waals surface area contributed by atoms with Crippen molar-refractivity contribution in [3.63, 3.8) is 0 Å². The number of hydrogen-bond acceptors (Lipinski definition) is 5. The van der Waals surface area contributed by atoms with E-state index in [2.05, 4.69) is 9.97 Å². The molecule has 1 rings (SSSR count). The van der Waals surface area contributed by atoms with Gasteiger partial charge in [0, 0.05) is 30.0 Å². The smallest absolute Gasteiger partial charge is 0.331 e. The van der Waals surface area contributed by atoms with Gasteiger partial charge in [0.25, 0.3) is 0 Å². The van der Waals surface area contributed by atoms with Gasteiger partial charge in [-0.05, 0) is 6.92 Å². The molecule has 1 heterocycles. The summed E-state index contributed by atoms with van der Waals surface area (Å²) in [5.41, 5.74) is 5.82. The highest BCUT2D eigenvalue weighted by atomic mass is 16.4. The fourth-order valence-corrected chi connectivity index (χ4v) is 0.968. The molecule has 20 heavy (non-hydrogen) atoms. The summed E-state index contributed by atoms with van der Waals surface area (Å²) in [6.45, 7) is 1.22. The summed E-state index contributed by atoms with van der Waals surface area (Å²) in [5.74, 6) is -3.45. The van der Waals surface area contributed by atoms with E-state index >= 15 is 0 Å². The third-order valence-corrected chi connectivity index (χ3v) is 1.99. The minimum atomic E-state index is -1.24. The summed E-state index contributed by atoms with van der Waals surface area (Å²) in [7, 11) is 0. The minimum absolute atomic E-state index is 0.178. The number of carboxylic acids is 3. The van der Waals surface area contributed by atoms with Crippen molar-refractivity contribution >= 4 is 17.9 Å². The molecule has 6 N–H and O–H groups in total. The molecule has 1 aromatic rings. The number of aliphatic carboxylic acids is 3. The van der Waals surface area contributed by atoms with E-state index in [0.29, 0.717) is 6.08 Å². The third kappa shape index (κ3) is 7.61. The van der Waals surface area contributed by atoms with E-state index in [1.165, 1.54) is 13.3 Å². The number of H-pyrrole nitrogens is 1. The lowest BCUT2D eigenvalue weighted by molar-refractivity contribution is -0.138.